The lowest BCUT2D eigenvalue weighted by Gasteiger charge is -2.20. The molecule has 0 aromatic heterocycles. The summed E-state index contributed by atoms with van der Waals surface area (Å²) in [4.78, 5) is 25.2. The molecule has 0 spiro atoms. The van der Waals surface area contributed by atoms with Crippen molar-refractivity contribution in [3.63, 3.8) is 0 Å². The molecular weight excluding hydrogens is 264 g/mol. The van der Waals surface area contributed by atoms with E-state index in [1.165, 1.54) is 6.92 Å². The summed E-state index contributed by atoms with van der Waals surface area (Å²) in [5.74, 6) is -0.330. The third-order valence-corrected chi connectivity index (χ3v) is 3.11. The van der Waals surface area contributed by atoms with E-state index >= 15 is 0 Å². The van der Waals surface area contributed by atoms with Gasteiger partial charge in [0.25, 0.3) is 0 Å². The smallest absolute Gasteiger partial charge is 0.307 e. The van der Waals surface area contributed by atoms with Gasteiger partial charge in [-0.1, -0.05) is 35.4 Å². The molecular formula is C17H18N2O2. The Kier molecular flexibility index (Phi) is 4.38. The number of hydrogen-bond donors (Lipinski definition) is 1. The van der Waals surface area contributed by atoms with Gasteiger partial charge >= 0.3 is 6.03 Å². The summed E-state index contributed by atoms with van der Waals surface area (Å²) in [5.41, 5.74) is 3.39. The van der Waals surface area contributed by atoms with E-state index in [0.717, 1.165) is 16.0 Å². The van der Waals surface area contributed by atoms with E-state index in [4.69, 9.17) is 0 Å². The SMILES string of the molecule is CC(=O)N(C(=O)Nc1ccc(C)cc1)c1ccc(C)cc1. The number of imide groups is 1. The summed E-state index contributed by atoms with van der Waals surface area (Å²) >= 11 is 0. The van der Waals surface area contributed by atoms with Crippen molar-refractivity contribution in [3.05, 3.63) is 59.7 Å². The molecule has 0 aliphatic carbocycles. The number of benzene rings is 2. The van der Waals surface area contributed by atoms with E-state index < -0.39 is 6.03 Å². The van der Waals surface area contributed by atoms with Crippen LogP contribution in [0.25, 0.3) is 0 Å². The number of hydrogen-bond acceptors (Lipinski definition) is 2. The molecule has 0 fully saturated rings. The molecule has 2 aromatic rings. The molecule has 0 saturated heterocycles. The van der Waals surface area contributed by atoms with Crippen LogP contribution in [0.5, 0.6) is 0 Å². The normalized spacial score (nSPS) is 10.0. The van der Waals surface area contributed by atoms with Crippen LogP contribution in [0.2, 0.25) is 0 Å². The van der Waals surface area contributed by atoms with Crippen LogP contribution in [0, 0.1) is 13.8 Å². The number of carbonyl (C=O) groups is 2. The number of anilines is 2. The summed E-state index contributed by atoms with van der Waals surface area (Å²) in [5, 5.41) is 2.73. The van der Waals surface area contributed by atoms with E-state index in [1.54, 1.807) is 24.3 Å². The molecule has 4 nitrogen and oxygen atoms in total. The van der Waals surface area contributed by atoms with Crippen LogP contribution in [0.3, 0.4) is 0 Å². The van der Waals surface area contributed by atoms with Crippen molar-refractivity contribution < 1.29 is 9.59 Å². The molecule has 0 unspecified atom stereocenters. The number of aryl methyl sites for hydroxylation is 2. The van der Waals surface area contributed by atoms with Gasteiger partial charge in [0.05, 0.1) is 5.69 Å². The first-order valence-electron chi connectivity index (χ1n) is 6.72. The standard InChI is InChI=1S/C17H18N2O2/c1-12-4-8-15(9-5-12)18-17(21)19(14(3)20)16-10-6-13(2)7-11-16/h4-11H,1-3H3,(H,18,21). The number of rotatable bonds is 2. The fraction of sp³-hybridized carbons (Fsp3) is 0.176. The predicted octanol–water partition coefficient (Wildman–Crippen LogP) is 3.89. The van der Waals surface area contributed by atoms with Crippen molar-refractivity contribution in [3.8, 4) is 0 Å². The first-order chi connectivity index (χ1) is 9.97. The average molecular weight is 282 g/mol. The van der Waals surface area contributed by atoms with Gasteiger partial charge in [-0.05, 0) is 38.1 Å². The third kappa shape index (κ3) is 3.69. The molecule has 0 atom stereocenters. The Morgan fingerprint density at radius 1 is 0.857 bits per heavy atom. The van der Waals surface area contributed by atoms with Crippen molar-refractivity contribution in [2.24, 2.45) is 0 Å². The topological polar surface area (TPSA) is 49.4 Å². The van der Waals surface area contributed by atoms with Crippen molar-refractivity contribution in [2.75, 3.05) is 10.2 Å². The lowest BCUT2D eigenvalue weighted by molar-refractivity contribution is -0.115. The number of nitrogens with one attached hydrogen (secondary N) is 1. The second kappa shape index (κ2) is 6.22. The Labute approximate surface area is 124 Å². The van der Waals surface area contributed by atoms with Gasteiger partial charge in [0.2, 0.25) is 5.91 Å². The van der Waals surface area contributed by atoms with Crippen molar-refractivity contribution in [1.29, 1.82) is 0 Å². The maximum atomic E-state index is 12.3. The van der Waals surface area contributed by atoms with Crippen molar-refractivity contribution in [1.82, 2.24) is 0 Å². The second-order valence-corrected chi connectivity index (χ2v) is 4.99. The minimum Gasteiger partial charge on any atom is -0.307 e. The maximum Gasteiger partial charge on any atom is 0.333 e. The lowest BCUT2D eigenvalue weighted by Crippen LogP contribution is -2.38. The van der Waals surface area contributed by atoms with Gasteiger partial charge in [0, 0.05) is 12.6 Å². The first kappa shape index (κ1) is 14.8. The van der Waals surface area contributed by atoms with E-state index in [9.17, 15) is 9.59 Å². The van der Waals surface area contributed by atoms with Crippen LogP contribution >= 0.6 is 0 Å². The van der Waals surface area contributed by atoms with Crippen LogP contribution in [0.15, 0.2) is 48.5 Å². The quantitative estimate of drug-likeness (QED) is 0.908. The average Bonchev–Trinajstić information content (AvgIpc) is 2.43. The molecule has 4 heteroatoms. The Morgan fingerprint density at radius 3 is 1.81 bits per heavy atom. The Bertz CT molecular complexity index is 645. The lowest BCUT2D eigenvalue weighted by atomic mass is 10.2. The van der Waals surface area contributed by atoms with Crippen LogP contribution in [0.1, 0.15) is 18.1 Å². The molecule has 0 radical (unpaired) electrons. The minimum absolute atomic E-state index is 0.330. The minimum atomic E-state index is -0.463. The summed E-state index contributed by atoms with van der Waals surface area (Å²) in [7, 11) is 0. The van der Waals surface area contributed by atoms with Crippen molar-refractivity contribution >= 4 is 23.3 Å². The molecule has 0 heterocycles. The van der Waals surface area contributed by atoms with E-state index in [-0.39, 0.29) is 5.91 Å². The Balaban J connectivity index is 2.22. The van der Waals surface area contributed by atoms with Gasteiger partial charge < -0.3 is 5.32 Å². The monoisotopic (exact) mass is 282 g/mol. The molecule has 2 rings (SSSR count). The largest absolute Gasteiger partial charge is 0.333 e. The zero-order chi connectivity index (χ0) is 15.4. The second-order valence-electron chi connectivity index (χ2n) is 4.99. The van der Waals surface area contributed by atoms with E-state index in [2.05, 4.69) is 5.32 Å². The fourth-order valence-corrected chi connectivity index (χ4v) is 1.95. The molecule has 108 valence electrons. The zero-order valence-electron chi connectivity index (χ0n) is 12.4. The molecule has 0 bridgehead atoms. The van der Waals surface area contributed by atoms with Gasteiger partial charge in [0.15, 0.2) is 0 Å². The molecule has 1 N–H and O–H groups in total. The predicted molar refractivity (Wildman–Crippen MR) is 84.5 cm³/mol. The van der Waals surface area contributed by atoms with Gasteiger partial charge in [-0.15, -0.1) is 0 Å². The number of urea groups is 1. The number of carbonyl (C=O) groups excluding carboxylic acids is 2. The van der Waals surface area contributed by atoms with Crippen LogP contribution < -0.4 is 10.2 Å². The van der Waals surface area contributed by atoms with Crippen LogP contribution in [-0.2, 0) is 4.79 Å². The van der Waals surface area contributed by atoms with Gasteiger partial charge in [-0.25, -0.2) is 9.69 Å². The molecule has 2 aromatic carbocycles. The van der Waals surface area contributed by atoms with Crippen LogP contribution in [0.4, 0.5) is 16.2 Å². The summed E-state index contributed by atoms with van der Waals surface area (Å²) in [6.45, 7) is 5.29. The highest BCUT2D eigenvalue weighted by atomic mass is 16.2. The van der Waals surface area contributed by atoms with Crippen LogP contribution in [-0.4, -0.2) is 11.9 Å². The number of amides is 3. The maximum absolute atomic E-state index is 12.3. The molecule has 0 aliphatic heterocycles. The highest BCUT2D eigenvalue weighted by Crippen LogP contribution is 2.17. The zero-order valence-corrected chi connectivity index (χ0v) is 12.4. The summed E-state index contributed by atoms with van der Waals surface area (Å²) < 4.78 is 0. The molecule has 0 aliphatic rings. The highest BCUT2D eigenvalue weighted by Gasteiger charge is 2.20. The Hall–Kier alpha value is -2.62. The first-order valence-corrected chi connectivity index (χ1v) is 6.72. The molecule has 3 amide bonds. The van der Waals surface area contributed by atoms with Crippen molar-refractivity contribution in [2.45, 2.75) is 20.8 Å². The van der Waals surface area contributed by atoms with Gasteiger partial charge in [-0.3, -0.25) is 4.79 Å². The third-order valence-electron chi connectivity index (χ3n) is 3.11. The summed E-state index contributed by atoms with van der Waals surface area (Å²) in [6, 6.07) is 14.2. The fourth-order valence-electron chi connectivity index (χ4n) is 1.95. The molecule has 0 saturated carbocycles. The molecule has 21 heavy (non-hydrogen) atoms. The Morgan fingerprint density at radius 2 is 1.33 bits per heavy atom. The summed E-state index contributed by atoms with van der Waals surface area (Å²) in [6.07, 6.45) is 0. The van der Waals surface area contributed by atoms with E-state index in [1.807, 2.05) is 38.1 Å². The highest BCUT2D eigenvalue weighted by molar-refractivity contribution is 6.17. The number of nitrogens with zero attached hydrogens (tertiary/aromatic N) is 1. The van der Waals surface area contributed by atoms with Gasteiger partial charge in [0.1, 0.15) is 0 Å². The van der Waals surface area contributed by atoms with Gasteiger partial charge in [-0.2, -0.15) is 0 Å². The van der Waals surface area contributed by atoms with E-state index in [0.29, 0.717) is 11.4 Å².